The number of fused-ring (bicyclic) bond motifs is 2. The molecule has 25 heavy (non-hydrogen) atoms. The first-order chi connectivity index (χ1) is 12.3. The van der Waals surface area contributed by atoms with Crippen LogP contribution < -0.4 is 10.7 Å². The smallest absolute Gasteiger partial charge is 0.193 e. The van der Waals surface area contributed by atoms with Crippen LogP contribution in [0.4, 0.5) is 11.4 Å². The van der Waals surface area contributed by atoms with Gasteiger partial charge < -0.3 is 9.88 Å². The number of aromatic nitrogens is 2. The number of nitrogens with zero attached hydrogens (tertiary/aromatic N) is 2. The molecule has 0 fully saturated rings. The SMILES string of the molecule is O=c1c(Cc2cccnc2)cn2c3c(cccc13)Nc1ccccc1-2. The summed E-state index contributed by atoms with van der Waals surface area (Å²) in [5, 5.41) is 4.17. The molecule has 120 valence electrons. The van der Waals surface area contributed by atoms with Gasteiger partial charge in [-0.15, -0.1) is 0 Å². The van der Waals surface area contributed by atoms with Gasteiger partial charge in [-0.2, -0.15) is 0 Å². The molecule has 4 aromatic rings. The molecule has 1 N–H and O–H groups in total. The number of anilines is 2. The fourth-order valence-corrected chi connectivity index (χ4v) is 3.51. The van der Waals surface area contributed by atoms with Gasteiger partial charge >= 0.3 is 0 Å². The molecule has 0 radical (unpaired) electrons. The Morgan fingerprint density at radius 3 is 2.72 bits per heavy atom. The molecule has 0 spiro atoms. The van der Waals surface area contributed by atoms with E-state index >= 15 is 0 Å². The molecule has 0 atom stereocenters. The second-order valence-electron chi connectivity index (χ2n) is 6.24. The zero-order valence-corrected chi connectivity index (χ0v) is 13.4. The summed E-state index contributed by atoms with van der Waals surface area (Å²) >= 11 is 0. The van der Waals surface area contributed by atoms with E-state index in [0.717, 1.165) is 39.1 Å². The van der Waals surface area contributed by atoms with Crippen molar-refractivity contribution in [2.24, 2.45) is 0 Å². The largest absolute Gasteiger partial charge is 0.352 e. The molecule has 2 aromatic carbocycles. The van der Waals surface area contributed by atoms with Crippen molar-refractivity contribution in [3.63, 3.8) is 0 Å². The number of rotatable bonds is 2. The number of hydrogen-bond donors (Lipinski definition) is 1. The van der Waals surface area contributed by atoms with Crippen molar-refractivity contribution in [1.82, 2.24) is 9.55 Å². The van der Waals surface area contributed by atoms with Crippen molar-refractivity contribution in [2.45, 2.75) is 6.42 Å². The van der Waals surface area contributed by atoms with Crippen LogP contribution in [0.5, 0.6) is 0 Å². The minimum Gasteiger partial charge on any atom is -0.352 e. The standard InChI is InChI=1S/C21H15N3O/c25-21-15(11-14-5-4-10-22-12-14)13-24-19-9-2-1-7-17(19)23-18-8-3-6-16(21)20(18)24/h1-10,12-13,23H,11H2. The lowest BCUT2D eigenvalue weighted by molar-refractivity contribution is 1.03. The van der Waals surface area contributed by atoms with E-state index in [1.54, 1.807) is 6.20 Å². The van der Waals surface area contributed by atoms with Gasteiger partial charge in [0, 0.05) is 36.0 Å². The van der Waals surface area contributed by atoms with Crippen molar-refractivity contribution in [1.29, 1.82) is 0 Å². The Bertz CT molecular complexity index is 1160. The van der Waals surface area contributed by atoms with Crippen LogP contribution >= 0.6 is 0 Å². The minimum absolute atomic E-state index is 0.0816. The average Bonchev–Trinajstić information content (AvgIpc) is 2.66. The summed E-state index contributed by atoms with van der Waals surface area (Å²) in [5.41, 5.74) is 5.87. The van der Waals surface area contributed by atoms with E-state index in [1.807, 2.05) is 54.9 Å². The normalized spacial score (nSPS) is 11.8. The van der Waals surface area contributed by atoms with Crippen LogP contribution in [0, 0.1) is 0 Å². The zero-order chi connectivity index (χ0) is 16.8. The van der Waals surface area contributed by atoms with Crippen LogP contribution in [0.2, 0.25) is 0 Å². The molecule has 0 unspecified atom stereocenters. The Labute approximate surface area is 144 Å². The Kier molecular flexibility index (Phi) is 2.97. The van der Waals surface area contributed by atoms with Crippen molar-refractivity contribution < 1.29 is 0 Å². The molecule has 0 saturated heterocycles. The van der Waals surface area contributed by atoms with Gasteiger partial charge in [0.15, 0.2) is 5.43 Å². The van der Waals surface area contributed by atoms with Gasteiger partial charge in [-0.1, -0.05) is 24.3 Å². The van der Waals surface area contributed by atoms with Gasteiger partial charge in [0.2, 0.25) is 0 Å². The van der Waals surface area contributed by atoms with E-state index in [2.05, 4.69) is 27.0 Å². The maximum atomic E-state index is 13.0. The van der Waals surface area contributed by atoms with Crippen molar-refractivity contribution in [3.05, 3.63) is 94.5 Å². The maximum absolute atomic E-state index is 13.0. The Hall–Kier alpha value is -3.40. The van der Waals surface area contributed by atoms with E-state index in [-0.39, 0.29) is 5.43 Å². The van der Waals surface area contributed by atoms with Crippen molar-refractivity contribution >= 4 is 22.3 Å². The van der Waals surface area contributed by atoms with Crippen molar-refractivity contribution in [2.75, 3.05) is 5.32 Å². The van der Waals surface area contributed by atoms with E-state index in [0.29, 0.717) is 6.42 Å². The van der Waals surface area contributed by atoms with Crippen LogP contribution in [-0.4, -0.2) is 9.55 Å². The fourth-order valence-electron chi connectivity index (χ4n) is 3.51. The lowest BCUT2D eigenvalue weighted by Gasteiger charge is -2.24. The molecule has 0 saturated carbocycles. The molecule has 5 rings (SSSR count). The van der Waals surface area contributed by atoms with Gasteiger partial charge in [-0.25, -0.2) is 0 Å². The molecule has 0 bridgehead atoms. The monoisotopic (exact) mass is 325 g/mol. The fraction of sp³-hybridized carbons (Fsp3) is 0.0476. The molecule has 2 aromatic heterocycles. The van der Waals surface area contributed by atoms with E-state index in [1.165, 1.54) is 0 Å². The molecule has 4 heteroatoms. The number of benzene rings is 2. The molecular weight excluding hydrogens is 310 g/mol. The molecule has 1 aliphatic heterocycles. The third kappa shape index (κ3) is 2.15. The van der Waals surface area contributed by atoms with E-state index < -0.39 is 0 Å². The van der Waals surface area contributed by atoms with E-state index in [4.69, 9.17) is 0 Å². The summed E-state index contributed by atoms with van der Waals surface area (Å²) in [6.07, 6.45) is 6.10. The lowest BCUT2D eigenvalue weighted by atomic mass is 10.0. The molecule has 4 nitrogen and oxygen atoms in total. The number of para-hydroxylation sites is 3. The Balaban J connectivity index is 1.81. The predicted molar refractivity (Wildman–Crippen MR) is 99.9 cm³/mol. The summed E-state index contributed by atoms with van der Waals surface area (Å²) < 4.78 is 2.13. The predicted octanol–water partition coefficient (Wildman–Crippen LogP) is 4.03. The van der Waals surface area contributed by atoms with E-state index in [9.17, 15) is 4.79 Å². The molecule has 1 aliphatic rings. The van der Waals surface area contributed by atoms with Gasteiger partial charge in [0.1, 0.15) is 0 Å². The number of pyridine rings is 2. The number of hydrogen-bond acceptors (Lipinski definition) is 3. The van der Waals surface area contributed by atoms with Crippen LogP contribution in [0.25, 0.3) is 16.6 Å². The third-order valence-electron chi connectivity index (χ3n) is 4.65. The summed E-state index contributed by atoms with van der Waals surface area (Å²) in [5.74, 6) is 0. The summed E-state index contributed by atoms with van der Waals surface area (Å²) in [6, 6.07) is 17.9. The first-order valence-electron chi connectivity index (χ1n) is 8.24. The van der Waals surface area contributed by atoms with Crippen LogP contribution in [0.3, 0.4) is 0 Å². The summed E-state index contributed by atoms with van der Waals surface area (Å²) in [6.45, 7) is 0. The van der Waals surface area contributed by atoms with Crippen LogP contribution in [0.15, 0.2) is 78.0 Å². The highest BCUT2D eigenvalue weighted by Crippen LogP contribution is 2.35. The molecule has 0 aliphatic carbocycles. The van der Waals surface area contributed by atoms with Crippen molar-refractivity contribution in [3.8, 4) is 5.69 Å². The van der Waals surface area contributed by atoms with Gasteiger partial charge in [0.05, 0.1) is 22.6 Å². The molecule has 3 heterocycles. The summed E-state index contributed by atoms with van der Waals surface area (Å²) in [4.78, 5) is 17.2. The highest BCUT2D eigenvalue weighted by molar-refractivity contribution is 5.97. The maximum Gasteiger partial charge on any atom is 0.193 e. The zero-order valence-electron chi connectivity index (χ0n) is 13.4. The highest BCUT2D eigenvalue weighted by atomic mass is 16.1. The first kappa shape index (κ1) is 14.0. The minimum atomic E-state index is 0.0816. The third-order valence-corrected chi connectivity index (χ3v) is 4.65. The van der Waals surface area contributed by atoms with Gasteiger partial charge in [-0.3, -0.25) is 9.78 Å². The Morgan fingerprint density at radius 1 is 0.960 bits per heavy atom. The number of nitrogens with one attached hydrogen (secondary N) is 1. The van der Waals surface area contributed by atoms with Gasteiger partial charge in [-0.05, 0) is 35.9 Å². The van der Waals surface area contributed by atoms with Crippen LogP contribution in [-0.2, 0) is 6.42 Å². The average molecular weight is 325 g/mol. The first-order valence-corrected chi connectivity index (χ1v) is 8.24. The second-order valence-corrected chi connectivity index (χ2v) is 6.24. The van der Waals surface area contributed by atoms with Gasteiger partial charge in [0.25, 0.3) is 0 Å². The topological polar surface area (TPSA) is 46.9 Å². The van der Waals surface area contributed by atoms with Crippen LogP contribution in [0.1, 0.15) is 11.1 Å². The Morgan fingerprint density at radius 2 is 1.84 bits per heavy atom. The lowest BCUT2D eigenvalue weighted by Crippen LogP contribution is -2.18. The molecular formula is C21H15N3O. The quantitative estimate of drug-likeness (QED) is 0.533. The molecule has 0 amide bonds. The second kappa shape index (κ2) is 5.31. The highest BCUT2D eigenvalue weighted by Gasteiger charge is 2.19. The summed E-state index contributed by atoms with van der Waals surface area (Å²) in [7, 11) is 0.